The molecule has 3 rings (SSSR count). The van der Waals surface area contributed by atoms with Crippen molar-refractivity contribution in [3.05, 3.63) is 15.9 Å². The molecule has 100 valence electrons. The molecule has 0 saturated heterocycles. The van der Waals surface area contributed by atoms with Crippen molar-refractivity contribution in [2.75, 3.05) is 0 Å². The van der Waals surface area contributed by atoms with Crippen molar-refractivity contribution in [2.45, 2.75) is 25.8 Å². The third kappa shape index (κ3) is 2.08. The van der Waals surface area contributed by atoms with Crippen LogP contribution in [-0.2, 0) is 11.3 Å². The van der Waals surface area contributed by atoms with E-state index in [1.54, 1.807) is 4.68 Å². The first-order valence-electron chi connectivity index (χ1n) is 5.85. The second-order valence-corrected chi connectivity index (χ2v) is 6.47. The maximum absolute atomic E-state index is 11.4. The normalized spacial score (nSPS) is 17.1. The lowest BCUT2D eigenvalue weighted by Gasteiger charge is -2.37. The fourth-order valence-electron chi connectivity index (χ4n) is 2.26. The number of hydrogen-bond acceptors (Lipinski definition) is 5. The first-order valence-corrected chi connectivity index (χ1v) is 7.53. The Morgan fingerprint density at radius 3 is 2.89 bits per heavy atom. The first-order chi connectivity index (χ1) is 9.12. The second kappa shape index (κ2) is 4.68. The van der Waals surface area contributed by atoms with Crippen molar-refractivity contribution in [3.8, 4) is 10.7 Å². The fraction of sp³-hybridized carbons (Fsp3) is 0.455. The molecule has 0 bridgehead atoms. The third-order valence-electron chi connectivity index (χ3n) is 3.57. The monoisotopic (exact) mass is 342 g/mol. The molecule has 6 nitrogen and oxygen atoms in total. The van der Waals surface area contributed by atoms with E-state index in [-0.39, 0.29) is 0 Å². The van der Waals surface area contributed by atoms with Crippen LogP contribution in [0.1, 0.15) is 19.3 Å². The van der Waals surface area contributed by atoms with Gasteiger partial charge in [-0.05, 0) is 50.6 Å². The van der Waals surface area contributed by atoms with Crippen molar-refractivity contribution in [1.82, 2.24) is 20.2 Å². The minimum atomic E-state index is -0.759. The first kappa shape index (κ1) is 12.7. The van der Waals surface area contributed by atoms with Gasteiger partial charge in [-0.3, -0.25) is 4.79 Å². The Morgan fingerprint density at radius 1 is 1.58 bits per heavy atom. The number of aromatic nitrogens is 4. The zero-order valence-electron chi connectivity index (χ0n) is 9.91. The molecule has 0 unspecified atom stereocenters. The number of tetrazole rings is 1. The number of halogens is 1. The maximum atomic E-state index is 11.4. The van der Waals surface area contributed by atoms with Crippen LogP contribution in [0, 0.1) is 5.41 Å². The molecule has 19 heavy (non-hydrogen) atoms. The van der Waals surface area contributed by atoms with Crippen molar-refractivity contribution >= 4 is 33.2 Å². The van der Waals surface area contributed by atoms with Gasteiger partial charge in [0.1, 0.15) is 0 Å². The molecule has 1 N–H and O–H groups in total. The van der Waals surface area contributed by atoms with E-state index < -0.39 is 11.4 Å². The lowest BCUT2D eigenvalue weighted by atomic mass is 9.69. The van der Waals surface area contributed by atoms with Gasteiger partial charge >= 0.3 is 5.97 Å². The van der Waals surface area contributed by atoms with Gasteiger partial charge in [0.2, 0.25) is 0 Å². The van der Waals surface area contributed by atoms with Gasteiger partial charge in [-0.15, -0.1) is 16.4 Å². The van der Waals surface area contributed by atoms with Gasteiger partial charge in [0.15, 0.2) is 5.82 Å². The predicted octanol–water partition coefficient (Wildman–Crippen LogP) is 2.42. The average molecular weight is 343 g/mol. The van der Waals surface area contributed by atoms with E-state index in [0.29, 0.717) is 25.2 Å². The van der Waals surface area contributed by atoms with Crippen LogP contribution in [0.2, 0.25) is 0 Å². The number of hydrogen-bond donors (Lipinski definition) is 1. The molecule has 0 atom stereocenters. The van der Waals surface area contributed by atoms with E-state index in [1.807, 2.05) is 11.4 Å². The number of nitrogens with zero attached hydrogens (tertiary/aromatic N) is 4. The molecular weight excluding hydrogens is 332 g/mol. The van der Waals surface area contributed by atoms with Crippen molar-refractivity contribution < 1.29 is 9.90 Å². The smallest absolute Gasteiger partial charge is 0.311 e. The van der Waals surface area contributed by atoms with Crippen molar-refractivity contribution in [3.63, 3.8) is 0 Å². The molecule has 0 aliphatic heterocycles. The highest BCUT2D eigenvalue weighted by Crippen LogP contribution is 2.43. The van der Waals surface area contributed by atoms with Crippen LogP contribution < -0.4 is 0 Å². The maximum Gasteiger partial charge on any atom is 0.311 e. The summed E-state index contributed by atoms with van der Waals surface area (Å²) >= 11 is 4.97. The lowest BCUT2D eigenvalue weighted by Crippen LogP contribution is -2.42. The summed E-state index contributed by atoms with van der Waals surface area (Å²) < 4.78 is 2.52. The lowest BCUT2D eigenvalue weighted by molar-refractivity contribution is -0.156. The van der Waals surface area contributed by atoms with Crippen LogP contribution >= 0.6 is 27.3 Å². The predicted molar refractivity (Wildman–Crippen MR) is 72.7 cm³/mol. The van der Waals surface area contributed by atoms with Gasteiger partial charge in [-0.1, -0.05) is 6.42 Å². The van der Waals surface area contributed by atoms with Gasteiger partial charge in [0, 0.05) is 4.47 Å². The van der Waals surface area contributed by atoms with Gasteiger partial charge in [0.25, 0.3) is 0 Å². The highest BCUT2D eigenvalue weighted by molar-refractivity contribution is 9.10. The van der Waals surface area contributed by atoms with Crippen LogP contribution in [0.3, 0.4) is 0 Å². The Balaban J connectivity index is 1.93. The van der Waals surface area contributed by atoms with Crippen LogP contribution in [0.25, 0.3) is 10.7 Å². The molecule has 2 aromatic rings. The summed E-state index contributed by atoms with van der Waals surface area (Å²) in [4.78, 5) is 12.3. The summed E-state index contributed by atoms with van der Waals surface area (Å²) in [7, 11) is 0. The Kier molecular flexibility index (Phi) is 3.14. The van der Waals surface area contributed by atoms with Gasteiger partial charge in [-0.2, -0.15) is 0 Å². The molecule has 2 aromatic heterocycles. The van der Waals surface area contributed by atoms with E-state index in [9.17, 15) is 9.90 Å². The molecule has 1 fully saturated rings. The standard InChI is InChI=1S/C11H11BrN4O2S/c12-7-2-5-19-8(7)9-13-14-15-16(9)6-11(10(17)18)3-1-4-11/h2,5H,1,3-4,6H2,(H,17,18). The molecule has 8 heteroatoms. The molecular formula is C11H11BrN4O2S. The Bertz CT molecular complexity index is 620. The summed E-state index contributed by atoms with van der Waals surface area (Å²) in [6.07, 6.45) is 2.33. The second-order valence-electron chi connectivity index (χ2n) is 4.70. The van der Waals surface area contributed by atoms with E-state index in [4.69, 9.17) is 0 Å². The zero-order chi connectivity index (χ0) is 13.5. The molecule has 1 aliphatic carbocycles. The molecule has 2 heterocycles. The molecule has 1 aliphatic rings. The van der Waals surface area contributed by atoms with Gasteiger partial charge < -0.3 is 5.11 Å². The SMILES string of the molecule is O=C(O)C1(Cn2nnnc2-c2sccc2Br)CCC1. The summed E-state index contributed by atoms with van der Waals surface area (Å²) in [6, 6.07) is 1.93. The summed E-state index contributed by atoms with van der Waals surface area (Å²) in [5, 5.41) is 22.9. The van der Waals surface area contributed by atoms with Crippen molar-refractivity contribution in [1.29, 1.82) is 0 Å². The summed E-state index contributed by atoms with van der Waals surface area (Å²) in [6.45, 7) is 0.328. The number of thiophene rings is 1. The molecule has 0 aromatic carbocycles. The minimum absolute atomic E-state index is 0.328. The fourth-order valence-corrected chi connectivity index (χ4v) is 3.79. The Hall–Kier alpha value is -1.28. The minimum Gasteiger partial charge on any atom is -0.481 e. The quantitative estimate of drug-likeness (QED) is 0.922. The Labute approximate surface area is 121 Å². The number of rotatable bonds is 4. The number of aliphatic carboxylic acids is 1. The van der Waals surface area contributed by atoms with E-state index in [0.717, 1.165) is 15.8 Å². The third-order valence-corrected chi connectivity index (χ3v) is 5.40. The summed E-state index contributed by atoms with van der Waals surface area (Å²) in [5.74, 6) is -0.139. The molecule has 1 saturated carbocycles. The van der Waals surface area contributed by atoms with Gasteiger partial charge in [-0.25, -0.2) is 4.68 Å². The molecule has 0 amide bonds. The molecule has 0 radical (unpaired) electrons. The van der Waals surface area contributed by atoms with Crippen LogP contribution in [0.15, 0.2) is 15.9 Å². The van der Waals surface area contributed by atoms with Crippen LogP contribution in [-0.4, -0.2) is 31.3 Å². The van der Waals surface area contributed by atoms with Gasteiger partial charge in [0.05, 0.1) is 16.8 Å². The van der Waals surface area contributed by atoms with Crippen LogP contribution in [0.4, 0.5) is 0 Å². The largest absolute Gasteiger partial charge is 0.481 e. The number of carboxylic acids is 1. The highest BCUT2D eigenvalue weighted by atomic mass is 79.9. The Morgan fingerprint density at radius 2 is 2.37 bits per heavy atom. The molecule has 0 spiro atoms. The van der Waals surface area contributed by atoms with E-state index in [1.165, 1.54) is 11.3 Å². The summed E-state index contributed by atoms with van der Waals surface area (Å²) in [5.41, 5.74) is -0.701. The van der Waals surface area contributed by atoms with Crippen molar-refractivity contribution in [2.24, 2.45) is 5.41 Å². The number of carboxylic acid groups (broad SMARTS) is 1. The van der Waals surface area contributed by atoms with E-state index >= 15 is 0 Å². The van der Waals surface area contributed by atoms with E-state index in [2.05, 4.69) is 31.5 Å². The van der Waals surface area contributed by atoms with Crippen LogP contribution in [0.5, 0.6) is 0 Å². The topological polar surface area (TPSA) is 80.9 Å². The average Bonchev–Trinajstić information content (AvgIpc) is 2.91. The zero-order valence-corrected chi connectivity index (χ0v) is 12.3. The highest BCUT2D eigenvalue weighted by Gasteiger charge is 2.45. The number of carbonyl (C=O) groups is 1.